The van der Waals surface area contributed by atoms with Crippen molar-refractivity contribution in [3.63, 3.8) is 0 Å². The van der Waals surface area contributed by atoms with Gasteiger partial charge in [-0.25, -0.2) is 0 Å². The molecule has 0 aliphatic carbocycles. The van der Waals surface area contributed by atoms with Gasteiger partial charge in [-0.2, -0.15) is 0 Å². The monoisotopic (exact) mass is 257 g/mol. The van der Waals surface area contributed by atoms with Crippen molar-refractivity contribution in [2.24, 2.45) is 17.6 Å². The van der Waals surface area contributed by atoms with Crippen molar-refractivity contribution >= 4 is 5.91 Å². The quantitative estimate of drug-likeness (QED) is 0.615. The Morgan fingerprint density at radius 3 is 2.28 bits per heavy atom. The smallest absolute Gasteiger partial charge is 0.224 e. The molecule has 0 aliphatic heterocycles. The minimum Gasteiger partial charge on any atom is -0.356 e. The second-order valence-electron chi connectivity index (χ2n) is 5.66. The lowest BCUT2D eigenvalue weighted by Crippen LogP contribution is -2.38. The maximum Gasteiger partial charge on any atom is 0.224 e. The van der Waals surface area contributed by atoms with Crippen LogP contribution in [0.15, 0.2) is 0 Å². The molecule has 1 atom stereocenters. The fourth-order valence-corrected chi connectivity index (χ4v) is 1.77. The van der Waals surface area contributed by atoms with E-state index in [9.17, 15) is 4.79 Å². The van der Waals surface area contributed by atoms with E-state index in [1.807, 2.05) is 13.8 Å². The molecule has 0 spiro atoms. The highest BCUT2D eigenvalue weighted by Gasteiger charge is 2.19. The molecule has 0 saturated carbocycles. The van der Waals surface area contributed by atoms with Crippen LogP contribution in [0, 0.1) is 11.8 Å². The topological polar surface area (TPSA) is 58.4 Å². The van der Waals surface area contributed by atoms with E-state index in [1.165, 1.54) is 0 Å². The van der Waals surface area contributed by atoms with Crippen LogP contribution in [0.5, 0.6) is 0 Å². The zero-order chi connectivity index (χ0) is 14.1. The fourth-order valence-electron chi connectivity index (χ4n) is 1.77. The zero-order valence-electron chi connectivity index (χ0n) is 12.7. The van der Waals surface area contributed by atoms with Crippen molar-refractivity contribution in [1.82, 2.24) is 10.2 Å². The summed E-state index contributed by atoms with van der Waals surface area (Å²) in [5, 5.41) is 2.98. The van der Waals surface area contributed by atoms with Crippen LogP contribution < -0.4 is 11.1 Å². The molecule has 0 radical (unpaired) electrons. The molecule has 0 aliphatic rings. The van der Waals surface area contributed by atoms with Gasteiger partial charge in [0.25, 0.3) is 0 Å². The third-order valence-electron chi connectivity index (χ3n) is 3.51. The molecule has 0 saturated heterocycles. The summed E-state index contributed by atoms with van der Waals surface area (Å²) in [5.74, 6) is 0.357. The van der Waals surface area contributed by atoms with Crippen LogP contribution in [0.2, 0.25) is 0 Å². The van der Waals surface area contributed by atoms with E-state index in [4.69, 9.17) is 5.73 Å². The third kappa shape index (κ3) is 6.97. The number of carbonyl (C=O) groups is 1. The summed E-state index contributed by atoms with van der Waals surface area (Å²) in [6.07, 6.45) is 2.14. The van der Waals surface area contributed by atoms with Gasteiger partial charge in [-0.05, 0) is 46.2 Å². The van der Waals surface area contributed by atoms with Crippen LogP contribution in [0.25, 0.3) is 0 Å². The van der Waals surface area contributed by atoms with Gasteiger partial charge in [-0.15, -0.1) is 0 Å². The van der Waals surface area contributed by atoms with E-state index >= 15 is 0 Å². The van der Waals surface area contributed by atoms with Gasteiger partial charge in [0.15, 0.2) is 0 Å². The Balaban J connectivity index is 3.69. The minimum atomic E-state index is -0.0525. The Morgan fingerprint density at radius 1 is 1.22 bits per heavy atom. The maximum atomic E-state index is 11.8. The molecule has 1 amide bonds. The van der Waals surface area contributed by atoms with Crippen LogP contribution in [0.4, 0.5) is 0 Å². The first kappa shape index (κ1) is 17.4. The lowest BCUT2D eigenvalue weighted by atomic mass is 9.95. The second-order valence-corrected chi connectivity index (χ2v) is 5.66. The number of hydrogen-bond donors (Lipinski definition) is 2. The number of nitrogens with one attached hydrogen (secondary N) is 1. The third-order valence-corrected chi connectivity index (χ3v) is 3.51. The number of carbonyl (C=O) groups excluding carboxylic acids is 1. The fraction of sp³-hybridized carbons (Fsp3) is 0.929. The van der Waals surface area contributed by atoms with Gasteiger partial charge < -0.3 is 16.0 Å². The SMILES string of the molecule is CC(C)C(CN)C(=O)NCCCCN(C)C(C)C. The molecular formula is C14H31N3O. The van der Waals surface area contributed by atoms with Gasteiger partial charge in [0.1, 0.15) is 0 Å². The first-order chi connectivity index (χ1) is 8.40. The van der Waals surface area contributed by atoms with Gasteiger partial charge in [0.2, 0.25) is 5.91 Å². The number of nitrogens with two attached hydrogens (primary N) is 1. The van der Waals surface area contributed by atoms with Gasteiger partial charge >= 0.3 is 0 Å². The molecule has 4 nitrogen and oxygen atoms in total. The lowest BCUT2D eigenvalue weighted by Gasteiger charge is -2.21. The summed E-state index contributed by atoms with van der Waals surface area (Å²) in [4.78, 5) is 14.1. The average molecular weight is 257 g/mol. The summed E-state index contributed by atoms with van der Waals surface area (Å²) in [5.41, 5.74) is 5.61. The van der Waals surface area contributed by atoms with Crippen molar-refractivity contribution in [2.45, 2.75) is 46.6 Å². The van der Waals surface area contributed by atoms with Crippen LogP contribution in [0.3, 0.4) is 0 Å². The minimum absolute atomic E-state index is 0.0525. The van der Waals surface area contributed by atoms with Gasteiger partial charge in [-0.1, -0.05) is 13.8 Å². The zero-order valence-corrected chi connectivity index (χ0v) is 12.7. The predicted octanol–water partition coefficient (Wildman–Crippen LogP) is 1.45. The highest BCUT2D eigenvalue weighted by Crippen LogP contribution is 2.08. The largest absolute Gasteiger partial charge is 0.356 e. The summed E-state index contributed by atoms with van der Waals surface area (Å²) < 4.78 is 0. The Kier molecular flexibility index (Phi) is 9.02. The van der Waals surface area contributed by atoms with Crippen molar-refractivity contribution < 1.29 is 4.79 Å². The molecule has 3 N–H and O–H groups in total. The second kappa shape index (κ2) is 9.34. The van der Waals surface area contributed by atoms with Gasteiger partial charge in [-0.3, -0.25) is 4.79 Å². The molecule has 0 fully saturated rings. The summed E-state index contributed by atoms with van der Waals surface area (Å²) in [7, 11) is 2.13. The normalized spacial score (nSPS) is 13.4. The van der Waals surface area contributed by atoms with Crippen molar-refractivity contribution in [2.75, 3.05) is 26.7 Å². The lowest BCUT2D eigenvalue weighted by molar-refractivity contribution is -0.125. The summed E-state index contributed by atoms with van der Waals surface area (Å²) >= 11 is 0. The number of hydrogen-bond acceptors (Lipinski definition) is 3. The molecule has 0 heterocycles. The van der Waals surface area contributed by atoms with E-state index in [2.05, 4.69) is 31.1 Å². The molecule has 4 heteroatoms. The molecule has 108 valence electrons. The van der Waals surface area contributed by atoms with E-state index in [-0.39, 0.29) is 11.8 Å². The van der Waals surface area contributed by atoms with Crippen molar-refractivity contribution in [3.05, 3.63) is 0 Å². The molecule has 18 heavy (non-hydrogen) atoms. The van der Waals surface area contributed by atoms with Crippen LogP contribution >= 0.6 is 0 Å². The Morgan fingerprint density at radius 2 is 1.83 bits per heavy atom. The van der Waals surface area contributed by atoms with Crippen molar-refractivity contribution in [1.29, 1.82) is 0 Å². The van der Waals surface area contributed by atoms with Crippen LogP contribution in [-0.4, -0.2) is 43.5 Å². The Bertz CT molecular complexity index is 229. The first-order valence-corrected chi connectivity index (χ1v) is 7.08. The standard InChI is InChI=1S/C14H31N3O/c1-11(2)13(10-15)14(18)16-8-6-7-9-17(5)12(3)4/h11-13H,6-10,15H2,1-5H3,(H,16,18). The first-order valence-electron chi connectivity index (χ1n) is 7.08. The van der Waals surface area contributed by atoms with Crippen LogP contribution in [0.1, 0.15) is 40.5 Å². The molecule has 0 aromatic heterocycles. The van der Waals surface area contributed by atoms with E-state index in [1.54, 1.807) is 0 Å². The molecular weight excluding hydrogens is 226 g/mol. The summed E-state index contributed by atoms with van der Waals surface area (Å²) in [6, 6.07) is 0.585. The predicted molar refractivity (Wildman–Crippen MR) is 77.4 cm³/mol. The molecule has 0 aromatic carbocycles. The molecule has 1 unspecified atom stereocenters. The highest BCUT2D eigenvalue weighted by atomic mass is 16.1. The Labute approximate surface area is 112 Å². The Hall–Kier alpha value is -0.610. The highest BCUT2D eigenvalue weighted by molar-refractivity contribution is 5.79. The molecule has 0 bridgehead atoms. The van der Waals surface area contributed by atoms with E-state index in [0.717, 1.165) is 25.9 Å². The summed E-state index contributed by atoms with van der Waals surface area (Å²) in [6.45, 7) is 10.7. The number of rotatable bonds is 9. The average Bonchev–Trinajstić information content (AvgIpc) is 2.28. The van der Waals surface area contributed by atoms with Crippen molar-refractivity contribution in [3.8, 4) is 0 Å². The van der Waals surface area contributed by atoms with E-state index < -0.39 is 0 Å². The van der Waals surface area contributed by atoms with Gasteiger partial charge in [0.05, 0.1) is 5.92 Å². The number of nitrogens with zero attached hydrogens (tertiary/aromatic N) is 1. The number of unbranched alkanes of at least 4 members (excludes halogenated alkanes) is 1. The van der Waals surface area contributed by atoms with Gasteiger partial charge in [0, 0.05) is 19.1 Å². The van der Waals surface area contributed by atoms with Crippen LogP contribution in [-0.2, 0) is 4.79 Å². The van der Waals surface area contributed by atoms with E-state index in [0.29, 0.717) is 18.5 Å². The maximum absolute atomic E-state index is 11.8. The molecule has 0 aromatic rings. The molecule has 0 rings (SSSR count). The number of amides is 1.